The summed E-state index contributed by atoms with van der Waals surface area (Å²) in [6, 6.07) is 13.3. The minimum absolute atomic E-state index is 0.188. The summed E-state index contributed by atoms with van der Waals surface area (Å²) in [5.41, 5.74) is 1.00. The number of hydrogen-bond acceptors (Lipinski definition) is 4. The van der Waals surface area contributed by atoms with Gasteiger partial charge in [0.1, 0.15) is 0 Å². The third-order valence-corrected chi connectivity index (χ3v) is 6.78. The number of carbonyl (C=O) groups excluding carboxylic acids is 2. The zero-order valence-corrected chi connectivity index (χ0v) is 17.7. The molecule has 0 unspecified atom stereocenters. The fraction of sp³-hybridized carbons (Fsp3) is 0.263. The molecule has 1 N–H and O–H groups in total. The molecular weight excluding hydrogens is 446 g/mol. The molecule has 2 aromatic carbocycles. The van der Waals surface area contributed by atoms with Crippen molar-refractivity contribution in [2.45, 2.75) is 11.8 Å². The number of halogens is 1. The summed E-state index contributed by atoms with van der Waals surface area (Å²) in [5.74, 6) is -0.400. The highest BCUT2D eigenvalue weighted by Gasteiger charge is 2.30. The van der Waals surface area contributed by atoms with Crippen LogP contribution in [0.5, 0.6) is 0 Å². The molecule has 7 nitrogen and oxygen atoms in total. The molecule has 0 atom stereocenters. The average Bonchev–Trinajstić information content (AvgIpc) is 2.67. The van der Waals surface area contributed by atoms with Crippen molar-refractivity contribution >= 4 is 43.5 Å². The molecule has 148 valence electrons. The van der Waals surface area contributed by atoms with E-state index in [1.165, 1.54) is 11.2 Å². The molecule has 0 saturated carbocycles. The smallest absolute Gasteiger partial charge is 0.254 e. The van der Waals surface area contributed by atoms with Gasteiger partial charge in [0.05, 0.1) is 4.90 Å². The van der Waals surface area contributed by atoms with Gasteiger partial charge in [-0.2, -0.15) is 4.31 Å². The van der Waals surface area contributed by atoms with E-state index in [0.717, 1.165) is 0 Å². The van der Waals surface area contributed by atoms with Crippen molar-refractivity contribution < 1.29 is 18.0 Å². The molecule has 0 aliphatic carbocycles. The predicted molar refractivity (Wildman–Crippen MR) is 110 cm³/mol. The molecule has 1 fully saturated rings. The first-order valence-corrected chi connectivity index (χ1v) is 10.9. The molecule has 0 spiro atoms. The van der Waals surface area contributed by atoms with Crippen molar-refractivity contribution in [2.75, 3.05) is 31.5 Å². The van der Waals surface area contributed by atoms with Crippen LogP contribution in [0.2, 0.25) is 0 Å². The number of nitrogens with one attached hydrogen (secondary N) is 1. The monoisotopic (exact) mass is 465 g/mol. The van der Waals surface area contributed by atoms with Gasteiger partial charge in [-0.05, 0) is 36.4 Å². The Labute approximate surface area is 172 Å². The van der Waals surface area contributed by atoms with E-state index in [2.05, 4.69) is 21.2 Å². The van der Waals surface area contributed by atoms with Crippen molar-refractivity contribution in [3.05, 3.63) is 58.6 Å². The topological polar surface area (TPSA) is 86.8 Å². The van der Waals surface area contributed by atoms with Gasteiger partial charge in [0, 0.05) is 48.8 Å². The molecule has 28 heavy (non-hydrogen) atoms. The highest BCUT2D eigenvalue weighted by atomic mass is 79.9. The maximum absolute atomic E-state index is 12.8. The number of carbonyl (C=O) groups is 2. The van der Waals surface area contributed by atoms with Crippen LogP contribution in [0.15, 0.2) is 57.9 Å². The Morgan fingerprint density at radius 1 is 1.00 bits per heavy atom. The number of amides is 2. The molecule has 9 heteroatoms. The fourth-order valence-corrected chi connectivity index (χ4v) is 5.04. The van der Waals surface area contributed by atoms with Crippen LogP contribution in [0.4, 0.5) is 5.69 Å². The Kier molecular flexibility index (Phi) is 6.17. The maximum Gasteiger partial charge on any atom is 0.254 e. The van der Waals surface area contributed by atoms with E-state index in [-0.39, 0.29) is 29.8 Å². The Morgan fingerprint density at radius 3 is 2.32 bits per heavy atom. The summed E-state index contributed by atoms with van der Waals surface area (Å²) in [4.78, 5) is 25.8. The lowest BCUT2D eigenvalue weighted by Gasteiger charge is -2.34. The standard InChI is InChI=1S/C19H20BrN3O4S/c1-14(24)21-17-6-2-4-15(12-17)19(25)22-8-10-23(11-9-22)28(26,27)18-7-3-5-16(20)13-18/h2-7,12-13H,8-11H2,1H3,(H,21,24). The fourth-order valence-electron chi connectivity index (χ4n) is 3.02. The molecule has 1 aliphatic rings. The molecule has 1 aliphatic heterocycles. The van der Waals surface area contributed by atoms with Crippen LogP contribution in [-0.2, 0) is 14.8 Å². The number of anilines is 1. The third kappa shape index (κ3) is 4.60. The number of hydrogen-bond donors (Lipinski definition) is 1. The van der Waals surface area contributed by atoms with Crippen LogP contribution >= 0.6 is 15.9 Å². The number of piperazine rings is 1. The van der Waals surface area contributed by atoms with Gasteiger partial charge in [0.25, 0.3) is 5.91 Å². The summed E-state index contributed by atoms with van der Waals surface area (Å²) >= 11 is 3.29. The lowest BCUT2D eigenvalue weighted by Crippen LogP contribution is -2.50. The van der Waals surface area contributed by atoms with E-state index in [1.54, 1.807) is 53.4 Å². The Morgan fingerprint density at radius 2 is 1.68 bits per heavy atom. The Hall–Kier alpha value is -2.23. The van der Waals surface area contributed by atoms with Crippen LogP contribution < -0.4 is 5.32 Å². The minimum Gasteiger partial charge on any atom is -0.336 e. The van der Waals surface area contributed by atoms with Gasteiger partial charge >= 0.3 is 0 Å². The van der Waals surface area contributed by atoms with Crippen molar-refractivity contribution in [3.63, 3.8) is 0 Å². The highest BCUT2D eigenvalue weighted by molar-refractivity contribution is 9.10. The van der Waals surface area contributed by atoms with Crippen LogP contribution in [0.3, 0.4) is 0 Å². The lowest BCUT2D eigenvalue weighted by atomic mass is 10.1. The largest absolute Gasteiger partial charge is 0.336 e. The molecule has 0 bridgehead atoms. The van der Waals surface area contributed by atoms with E-state index < -0.39 is 10.0 Å². The van der Waals surface area contributed by atoms with Gasteiger partial charge in [-0.3, -0.25) is 9.59 Å². The number of rotatable bonds is 4. The number of nitrogens with zero attached hydrogens (tertiary/aromatic N) is 2. The van der Waals surface area contributed by atoms with Gasteiger partial charge in [-0.1, -0.05) is 28.1 Å². The third-order valence-electron chi connectivity index (χ3n) is 4.39. The van der Waals surface area contributed by atoms with Crippen molar-refractivity contribution in [3.8, 4) is 0 Å². The maximum atomic E-state index is 12.8. The lowest BCUT2D eigenvalue weighted by molar-refractivity contribution is -0.114. The van der Waals surface area contributed by atoms with Gasteiger partial charge in [0.2, 0.25) is 15.9 Å². The van der Waals surface area contributed by atoms with Crippen LogP contribution in [0.25, 0.3) is 0 Å². The van der Waals surface area contributed by atoms with E-state index in [4.69, 9.17) is 0 Å². The summed E-state index contributed by atoms with van der Waals surface area (Å²) in [6.45, 7) is 2.46. The zero-order valence-electron chi connectivity index (χ0n) is 15.3. The average molecular weight is 466 g/mol. The second-order valence-corrected chi connectivity index (χ2v) is 9.27. The highest BCUT2D eigenvalue weighted by Crippen LogP contribution is 2.22. The number of sulfonamides is 1. The summed E-state index contributed by atoms with van der Waals surface area (Å²) in [7, 11) is -3.60. The second kappa shape index (κ2) is 8.42. The number of benzene rings is 2. The normalized spacial score (nSPS) is 15.3. The molecule has 2 aromatic rings. The van der Waals surface area contributed by atoms with Gasteiger partial charge in [0.15, 0.2) is 0 Å². The molecule has 1 saturated heterocycles. The van der Waals surface area contributed by atoms with E-state index in [1.807, 2.05) is 0 Å². The van der Waals surface area contributed by atoms with Gasteiger partial charge in [-0.15, -0.1) is 0 Å². The minimum atomic E-state index is -3.60. The molecule has 0 aromatic heterocycles. The van der Waals surface area contributed by atoms with Crippen molar-refractivity contribution in [2.24, 2.45) is 0 Å². The molecule has 0 radical (unpaired) electrons. The SMILES string of the molecule is CC(=O)Nc1cccc(C(=O)N2CCN(S(=O)(=O)c3cccc(Br)c3)CC2)c1. The first-order valence-electron chi connectivity index (χ1n) is 8.70. The van der Waals surface area contributed by atoms with Crippen LogP contribution in [0, 0.1) is 0 Å². The van der Waals surface area contributed by atoms with Gasteiger partial charge in [-0.25, -0.2) is 8.42 Å². The summed E-state index contributed by atoms with van der Waals surface area (Å²) in [5, 5.41) is 2.65. The first-order chi connectivity index (χ1) is 13.3. The second-order valence-electron chi connectivity index (χ2n) is 6.42. The summed E-state index contributed by atoms with van der Waals surface area (Å²) in [6.07, 6.45) is 0. The Balaban J connectivity index is 1.68. The molecule has 3 rings (SSSR count). The first kappa shape index (κ1) is 20.5. The van der Waals surface area contributed by atoms with E-state index in [9.17, 15) is 18.0 Å². The van der Waals surface area contributed by atoms with Crippen molar-refractivity contribution in [1.29, 1.82) is 0 Å². The van der Waals surface area contributed by atoms with E-state index in [0.29, 0.717) is 28.8 Å². The van der Waals surface area contributed by atoms with Gasteiger partial charge < -0.3 is 10.2 Å². The van der Waals surface area contributed by atoms with Crippen LogP contribution in [0.1, 0.15) is 17.3 Å². The van der Waals surface area contributed by atoms with E-state index >= 15 is 0 Å². The molecule has 2 amide bonds. The van der Waals surface area contributed by atoms with Crippen molar-refractivity contribution in [1.82, 2.24) is 9.21 Å². The predicted octanol–water partition coefficient (Wildman–Crippen LogP) is 2.55. The molecular formula is C19H20BrN3O4S. The molecule has 1 heterocycles. The quantitative estimate of drug-likeness (QED) is 0.751. The zero-order chi connectivity index (χ0) is 20.3. The summed E-state index contributed by atoms with van der Waals surface area (Å²) < 4.78 is 27.7. The Bertz CT molecular complexity index is 1000. The van der Waals surface area contributed by atoms with Crippen LogP contribution in [-0.4, -0.2) is 55.6 Å².